The van der Waals surface area contributed by atoms with E-state index in [0.717, 1.165) is 18.6 Å². The summed E-state index contributed by atoms with van der Waals surface area (Å²) in [7, 11) is -3.42. The maximum atomic E-state index is 12.2. The fourth-order valence-electron chi connectivity index (χ4n) is 3.95. The van der Waals surface area contributed by atoms with Gasteiger partial charge in [-0.1, -0.05) is 31.5 Å². The van der Waals surface area contributed by atoms with Crippen molar-refractivity contribution in [1.82, 2.24) is 10.0 Å². The van der Waals surface area contributed by atoms with E-state index in [1.807, 2.05) is 19.1 Å². The fourth-order valence-corrected chi connectivity index (χ4v) is 4.98. The highest BCUT2D eigenvalue weighted by atomic mass is 32.2. The van der Waals surface area contributed by atoms with Crippen molar-refractivity contribution in [3.63, 3.8) is 0 Å². The van der Waals surface area contributed by atoms with Crippen molar-refractivity contribution in [2.75, 3.05) is 19.7 Å². The summed E-state index contributed by atoms with van der Waals surface area (Å²) in [5, 5.41) is 3.51. The van der Waals surface area contributed by atoms with E-state index in [0.29, 0.717) is 36.0 Å². The van der Waals surface area contributed by atoms with Gasteiger partial charge >= 0.3 is 0 Å². The van der Waals surface area contributed by atoms with Crippen LogP contribution in [0.15, 0.2) is 29.2 Å². The molecule has 0 radical (unpaired) electrons. The second-order valence-electron chi connectivity index (χ2n) is 7.21. The lowest BCUT2D eigenvalue weighted by Gasteiger charge is -2.55. The van der Waals surface area contributed by atoms with Gasteiger partial charge in [-0.25, -0.2) is 13.1 Å². The highest BCUT2D eigenvalue weighted by molar-refractivity contribution is 7.89. The number of sulfonamides is 1. The minimum absolute atomic E-state index is 0.122. The molecule has 128 valence electrons. The third kappa shape index (κ3) is 3.18. The van der Waals surface area contributed by atoms with Gasteiger partial charge in [0.2, 0.25) is 10.0 Å². The summed E-state index contributed by atoms with van der Waals surface area (Å²) in [4.78, 5) is 0.316. The maximum Gasteiger partial charge on any atom is 0.240 e. The average Bonchev–Trinajstić information content (AvgIpc) is 2.94. The predicted molar refractivity (Wildman–Crippen MR) is 89.8 cm³/mol. The van der Waals surface area contributed by atoms with Crippen molar-refractivity contribution < 1.29 is 13.2 Å². The summed E-state index contributed by atoms with van der Waals surface area (Å²) < 4.78 is 32.9. The molecule has 3 atom stereocenters. The zero-order chi connectivity index (χ0) is 16.7. The van der Waals surface area contributed by atoms with Crippen molar-refractivity contribution >= 4 is 10.0 Å². The third-order valence-corrected chi connectivity index (χ3v) is 6.69. The van der Waals surface area contributed by atoms with Gasteiger partial charge in [-0.2, -0.15) is 0 Å². The molecule has 2 fully saturated rings. The predicted octanol–water partition coefficient (Wildman–Crippen LogP) is 1.68. The molecule has 1 saturated carbocycles. The van der Waals surface area contributed by atoms with Crippen LogP contribution < -0.4 is 10.0 Å². The number of hydrogen-bond donors (Lipinski definition) is 2. The molecule has 5 nitrogen and oxygen atoms in total. The summed E-state index contributed by atoms with van der Waals surface area (Å²) in [5.74, 6) is 0.568. The van der Waals surface area contributed by atoms with Crippen molar-refractivity contribution in [2.24, 2.45) is 11.3 Å². The molecule has 3 rings (SSSR count). The molecular formula is C17H26N2O3S. The van der Waals surface area contributed by atoms with E-state index in [1.54, 1.807) is 12.1 Å². The first-order valence-electron chi connectivity index (χ1n) is 8.24. The molecule has 1 aromatic rings. The van der Waals surface area contributed by atoms with Crippen molar-refractivity contribution in [3.8, 4) is 0 Å². The Hall–Kier alpha value is -0.950. The van der Waals surface area contributed by atoms with Crippen molar-refractivity contribution in [1.29, 1.82) is 0 Å². The van der Waals surface area contributed by atoms with Crippen LogP contribution in [-0.4, -0.2) is 40.3 Å². The van der Waals surface area contributed by atoms with Crippen LogP contribution in [0.5, 0.6) is 0 Å². The molecule has 6 heteroatoms. The minimum Gasteiger partial charge on any atom is -0.377 e. The quantitative estimate of drug-likeness (QED) is 0.775. The van der Waals surface area contributed by atoms with E-state index in [4.69, 9.17) is 4.74 Å². The Morgan fingerprint density at radius 2 is 1.91 bits per heavy atom. The van der Waals surface area contributed by atoms with Gasteiger partial charge in [0.15, 0.2) is 0 Å². The molecule has 0 aromatic heterocycles. The molecule has 0 amide bonds. The van der Waals surface area contributed by atoms with Gasteiger partial charge in [-0.15, -0.1) is 0 Å². The molecule has 1 aliphatic carbocycles. The van der Waals surface area contributed by atoms with Crippen molar-refractivity contribution in [3.05, 3.63) is 29.8 Å². The second-order valence-corrected chi connectivity index (χ2v) is 8.97. The molecule has 0 bridgehead atoms. The van der Waals surface area contributed by atoms with Crippen LogP contribution in [0.1, 0.15) is 25.8 Å². The zero-order valence-corrected chi connectivity index (χ0v) is 14.8. The van der Waals surface area contributed by atoms with Gasteiger partial charge < -0.3 is 10.1 Å². The monoisotopic (exact) mass is 338 g/mol. The first-order valence-corrected chi connectivity index (χ1v) is 9.72. The molecule has 1 saturated heterocycles. The minimum atomic E-state index is -3.42. The van der Waals surface area contributed by atoms with Gasteiger partial charge in [0.25, 0.3) is 0 Å². The summed E-state index contributed by atoms with van der Waals surface area (Å²) in [6.07, 6.45) is 1.45. The SMILES string of the molecule is Cc1ccc(S(=O)(=O)NCCN[C@@H]2[C@H]3CCO[C@@H]3C2(C)C)cc1. The first kappa shape index (κ1) is 16.9. The van der Waals surface area contributed by atoms with E-state index in [1.165, 1.54) is 0 Å². The Labute approximate surface area is 138 Å². The average molecular weight is 338 g/mol. The Balaban J connectivity index is 1.49. The molecule has 2 N–H and O–H groups in total. The maximum absolute atomic E-state index is 12.2. The topological polar surface area (TPSA) is 67.4 Å². The number of ether oxygens (including phenoxy) is 1. The molecule has 0 spiro atoms. The lowest BCUT2D eigenvalue weighted by atomic mass is 9.57. The number of rotatable bonds is 6. The molecule has 1 aromatic carbocycles. The van der Waals surface area contributed by atoms with Gasteiger partial charge in [0.1, 0.15) is 0 Å². The van der Waals surface area contributed by atoms with E-state index < -0.39 is 10.0 Å². The van der Waals surface area contributed by atoms with Crippen LogP contribution in [-0.2, 0) is 14.8 Å². The van der Waals surface area contributed by atoms with Crippen LogP contribution in [0.2, 0.25) is 0 Å². The second kappa shape index (κ2) is 6.16. The number of aryl methyl sites for hydroxylation is 1. The summed E-state index contributed by atoms with van der Waals surface area (Å²) >= 11 is 0. The Kier molecular flexibility index (Phi) is 4.53. The smallest absolute Gasteiger partial charge is 0.240 e. The largest absolute Gasteiger partial charge is 0.377 e. The van der Waals surface area contributed by atoms with Crippen LogP contribution in [0.25, 0.3) is 0 Å². The number of nitrogens with one attached hydrogen (secondary N) is 2. The number of fused-ring (bicyclic) bond motifs is 1. The Morgan fingerprint density at radius 3 is 2.61 bits per heavy atom. The number of benzene rings is 1. The number of hydrogen-bond acceptors (Lipinski definition) is 4. The van der Waals surface area contributed by atoms with Gasteiger partial charge in [0, 0.05) is 37.1 Å². The lowest BCUT2D eigenvalue weighted by molar-refractivity contribution is -0.112. The zero-order valence-electron chi connectivity index (χ0n) is 14.0. The van der Waals surface area contributed by atoms with Crippen LogP contribution in [0.4, 0.5) is 0 Å². The first-order chi connectivity index (χ1) is 10.8. The highest BCUT2D eigenvalue weighted by Gasteiger charge is 2.58. The molecule has 23 heavy (non-hydrogen) atoms. The molecule has 0 unspecified atom stereocenters. The summed E-state index contributed by atoms with van der Waals surface area (Å²) in [6, 6.07) is 7.30. The highest BCUT2D eigenvalue weighted by Crippen LogP contribution is 2.51. The Morgan fingerprint density at radius 1 is 1.22 bits per heavy atom. The molecular weight excluding hydrogens is 312 g/mol. The molecule has 2 aliphatic rings. The van der Waals surface area contributed by atoms with Crippen molar-refractivity contribution in [2.45, 2.75) is 44.2 Å². The summed E-state index contributed by atoms with van der Waals surface area (Å²) in [5.41, 5.74) is 1.17. The fraction of sp³-hybridized carbons (Fsp3) is 0.647. The van der Waals surface area contributed by atoms with E-state index in [-0.39, 0.29) is 5.41 Å². The standard InChI is InChI=1S/C17H26N2O3S/c1-12-4-6-13(7-5-12)23(20,21)19-10-9-18-15-14-8-11-22-16(14)17(15,2)3/h4-7,14-16,18-19H,8-11H2,1-3H3/t14-,15-,16+/m1/s1. The van der Waals surface area contributed by atoms with E-state index >= 15 is 0 Å². The lowest BCUT2D eigenvalue weighted by Crippen LogP contribution is -2.66. The van der Waals surface area contributed by atoms with Gasteiger partial charge in [-0.3, -0.25) is 0 Å². The summed E-state index contributed by atoms with van der Waals surface area (Å²) in [6.45, 7) is 8.23. The molecule has 1 heterocycles. The van der Waals surface area contributed by atoms with Crippen LogP contribution >= 0.6 is 0 Å². The van der Waals surface area contributed by atoms with Crippen LogP contribution in [0, 0.1) is 18.3 Å². The Bertz CT molecular complexity index is 655. The normalized spacial score (nSPS) is 29.1. The van der Waals surface area contributed by atoms with Gasteiger partial charge in [-0.05, 0) is 25.5 Å². The third-order valence-electron chi connectivity index (χ3n) is 5.21. The van der Waals surface area contributed by atoms with E-state index in [2.05, 4.69) is 23.9 Å². The molecule has 1 aliphatic heterocycles. The van der Waals surface area contributed by atoms with Crippen LogP contribution in [0.3, 0.4) is 0 Å². The van der Waals surface area contributed by atoms with E-state index in [9.17, 15) is 8.42 Å². The van der Waals surface area contributed by atoms with Gasteiger partial charge in [0.05, 0.1) is 11.0 Å².